The lowest BCUT2D eigenvalue weighted by Crippen LogP contribution is -2.04. The summed E-state index contributed by atoms with van der Waals surface area (Å²) in [4.78, 5) is 0. The Hall–Kier alpha value is -1.91. The molecule has 0 aromatic heterocycles. The van der Waals surface area contributed by atoms with E-state index in [1.165, 1.54) is 0 Å². The highest BCUT2D eigenvalue weighted by molar-refractivity contribution is 5.64. The van der Waals surface area contributed by atoms with E-state index in [1.807, 2.05) is 0 Å². The van der Waals surface area contributed by atoms with Crippen molar-refractivity contribution >= 4 is 0 Å². The minimum atomic E-state index is -4.45. The second-order valence-corrected chi connectivity index (χ2v) is 3.70. The van der Waals surface area contributed by atoms with Crippen LogP contribution in [0, 0.1) is 11.6 Å². The van der Waals surface area contributed by atoms with Crippen LogP contribution in [0.3, 0.4) is 0 Å². The molecule has 2 aromatic rings. The van der Waals surface area contributed by atoms with Gasteiger partial charge in [0.05, 0.1) is 5.56 Å². The van der Waals surface area contributed by atoms with Gasteiger partial charge in [-0.05, 0) is 35.9 Å². The molecule has 0 aliphatic rings. The predicted octanol–water partition coefficient (Wildman–Crippen LogP) is 4.65. The second kappa shape index (κ2) is 4.40. The minimum absolute atomic E-state index is 0.0660. The maximum Gasteiger partial charge on any atom is 0.416 e. The molecule has 0 amide bonds. The van der Waals surface area contributed by atoms with E-state index >= 15 is 0 Å². The summed E-state index contributed by atoms with van der Waals surface area (Å²) in [5, 5.41) is 0. The smallest absolute Gasteiger partial charge is 0.207 e. The summed E-state index contributed by atoms with van der Waals surface area (Å²) >= 11 is 0. The van der Waals surface area contributed by atoms with Crippen molar-refractivity contribution in [1.29, 1.82) is 0 Å². The van der Waals surface area contributed by atoms with E-state index in [9.17, 15) is 22.0 Å². The van der Waals surface area contributed by atoms with Crippen LogP contribution >= 0.6 is 0 Å². The first-order valence-electron chi connectivity index (χ1n) is 5.00. The third kappa shape index (κ3) is 2.50. The summed E-state index contributed by atoms with van der Waals surface area (Å²) in [6.07, 6.45) is -4.45. The predicted molar refractivity (Wildman–Crippen MR) is 56.8 cm³/mol. The zero-order valence-corrected chi connectivity index (χ0v) is 8.93. The number of rotatable bonds is 1. The maximum absolute atomic E-state index is 13.4. The molecule has 94 valence electrons. The molecule has 0 spiro atoms. The first-order valence-corrected chi connectivity index (χ1v) is 5.00. The highest BCUT2D eigenvalue weighted by Gasteiger charge is 2.30. The van der Waals surface area contributed by atoms with Crippen LogP contribution in [-0.4, -0.2) is 0 Å². The molecule has 5 heteroatoms. The van der Waals surface area contributed by atoms with Crippen molar-refractivity contribution in [1.82, 2.24) is 0 Å². The fourth-order valence-electron chi connectivity index (χ4n) is 1.56. The highest BCUT2D eigenvalue weighted by atomic mass is 19.4. The quantitative estimate of drug-likeness (QED) is 0.653. The third-order valence-electron chi connectivity index (χ3n) is 2.45. The number of benzene rings is 2. The summed E-state index contributed by atoms with van der Waals surface area (Å²) in [6.45, 7) is 0. The molecule has 0 bridgehead atoms. The molecule has 0 N–H and O–H groups in total. The summed E-state index contributed by atoms with van der Waals surface area (Å²) < 4.78 is 63.3. The Morgan fingerprint density at radius 1 is 0.778 bits per heavy atom. The Morgan fingerprint density at radius 2 is 1.39 bits per heavy atom. The van der Waals surface area contributed by atoms with Crippen LogP contribution in [0.1, 0.15) is 5.56 Å². The van der Waals surface area contributed by atoms with Gasteiger partial charge in [-0.2, -0.15) is 13.2 Å². The van der Waals surface area contributed by atoms with Crippen LogP contribution in [0.4, 0.5) is 22.0 Å². The Morgan fingerprint density at radius 3 is 1.94 bits per heavy atom. The van der Waals surface area contributed by atoms with Gasteiger partial charge in [0.25, 0.3) is 0 Å². The molecule has 0 saturated heterocycles. The summed E-state index contributed by atoms with van der Waals surface area (Å²) in [7, 11) is 0. The zero-order valence-electron chi connectivity index (χ0n) is 8.93. The summed E-state index contributed by atoms with van der Waals surface area (Å²) in [5.41, 5.74) is -0.702. The second-order valence-electron chi connectivity index (χ2n) is 3.70. The van der Waals surface area contributed by atoms with E-state index in [-0.39, 0.29) is 11.1 Å². The van der Waals surface area contributed by atoms with Gasteiger partial charge in [0.2, 0.25) is 0 Å². The first kappa shape index (κ1) is 12.5. The molecule has 18 heavy (non-hydrogen) atoms. The van der Waals surface area contributed by atoms with Crippen molar-refractivity contribution in [2.75, 3.05) is 0 Å². The number of hydrogen-bond acceptors (Lipinski definition) is 0. The largest absolute Gasteiger partial charge is 0.416 e. The van der Waals surface area contributed by atoms with Gasteiger partial charge in [-0.15, -0.1) is 0 Å². The lowest BCUT2D eigenvalue weighted by Gasteiger charge is -2.08. The van der Waals surface area contributed by atoms with Crippen LogP contribution < -0.4 is 0 Å². The molecule has 0 atom stereocenters. The first-order chi connectivity index (χ1) is 8.38. The SMILES string of the molecule is Fc1ccc(F)c(-c2ccc(C(F)(F)F)cc2)c1. The van der Waals surface area contributed by atoms with Crippen LogP contribution in [-0.2, 0) is 6.18 Å². The highest BCUT2D eigenvalue weighted by Crippen LogP contribution is 2.31. The fraction of sp³-hybridized carbons (Fsp3) is 0.0769. The number of alkyl halides is 3. The van der Waals surface area contributed by atoms with Gasteiger partial charge in [0, 0.05) is 5.56 Å². The van der Waals surface area contributed by atoms with E-state index in [0.29, 0.717) is 0 Å². The van der Waals surface area contributed by atoms with E-state index in [1.54, 1.807) is 0 Å². The Bertz CT molecular complexity index is 555. The lowest BCUT2D eigenvalue weighted by molar-refractivity contribution is -0.137. The molecule has 0 nitrogen and oxygen atoms in total. The van der Waals surface area contributed by atoms with E-state index in [0.717, 1.165) is 42.5 Å². The van der Waals surface area contributed by atoms with Gasteiger partial charge >= 0.3 is 6.18 Å². The van der Waals surface area contributed by atoms with Gasteiger partial charge in [0.1, 0.15) is 11.6 Å². The van der Waals surface area contributed by atoms with Crippen LogP contribution in [0.5, 0.6) is 0 Å². The van der Waals surface area contributed by atoms with Gasteiger partial charge in [-0.3, -0.25) is 0 Å². The average molecular weight is 258 g/mol. The molecular weight excluding hydrogens is 251 g/mol. The molecule has 0 saturated carbocycles. The summed E-state index contributed by atoms with van der Waals surface area (Å²) in [5.74, 6) is -1.33. The fourth-order valence-corrected chi connectivity index (χ4v) is 1.56. The van der Waals surface area contributed by atoms with Crippen LogP contribution in [0.25, 0.3) is 11.1 Å². The lowest BCUT2D eigenvalue weighted by atomic mass is 10.0. The van der Waals surface area contributed by atoms with E-state index in [2.05, 4.69) is 0 Å². The topological polar surface area (TPSA) is 0 Å². The van der Waals surface area contributed by atoms with Gasteiger partial charge in [-0.25, -0.2) is 8.78 Å². The van der Waals surface area contributed by atoms with E-state index < -0.39 is 23.4 Å². The molecule has 0 aliphatic heterocycles. The molecule has 2 aromatic carbocycles. The number of halogens is 5. The monoisotopic (exact) mass is 258 g/mol. The van der Waals surface area contributed by atoms with Crippen molar-refractivity contribution in [2.24, 2.45) is 0 Å². The van der Waals surface area contributed by atoms with Crippen molar-refractivity contribution in [3.63, 3.8) is 0 Å². The van der Waals surface area contributed by atoms with Gasteiger partial charge in [0.15, 0.2) is 0 Å². The normalized spacial score (nSPS) is 11.6. The Labute approximate surface area is 99.7 Å². The van der Waals surface area contributed by atoms with Crippen molar-refractivity contribution in [3.05, 3.63) is 59.7 Å². The zero-order chi connectivity index (χ0) is 13.3. The molecule has 0 unspecified atom stereocenters. The van der Waals surface area contributed by atoms with E-state index in [4.69, 9.17) is 0 Å². The van der Waals surface area contributed by atoms with Crippen LogP contribution in [0.2, 0.25) is 0 Å². The van der Waals surface area contributed by atoms with Crippen molar-refractivity contribution in [2.45, 2.75) is 6.18 Å². The Balaban J connectivity index is 2.43. The van der Waals surface area contributed by atoms with Gasteiger partial charge < -0.3 is 0 Å². The standard InChI is InChI=1S/C13H7F5/c14-10-5-6-12(15)11(7-10)8-1-3-9(4-2-8)13(16,17)18/h1-7H. The third-order valence-corrected chi connectivity index (χ3v) is 2.45. The van der Waals surface area contributed by atoms with Crippen molar-refractivity contribution in [3.8, 4) is 11.1 Å². The minimum Gasteiger partial charge on any atom is -0.207 e. The maximum atomic E-state index is 13.4. The molecule has 0 fully saturated rings. The van der Waals surface area contributed by atoms with Crippen LogP contribution in [0.15, 0.2) is 42.5 Å². The van der Waals surface area contributed by atoms with Gasteiger partial charge in [-0.1, -0.05) is 12.1 Å². The molecular formula is C13H7F5. The molecule has 0 aliphatic carbocycles. The molecule has 2 rings (SSSR count). The molecule has 0 radical (unpaired) electrons. The molecule has 0 heterocycles. The number of hydrogen-bond donors (Lipinski definition) is 0. The van der Waals surface area contributed by atoms with Crippen molar-refractivity contribution < 1.29 is 22.0 Å². The summed E-state index contributed by atoms with van der Waals surface area (Å²) in [6, 6.07) is 6.71. The Kier molecular flexibility index (Phi) is 3.07. The average Bonchev–Trinajstić information content (AvgIpc) is 2.31.